The summed E-state index contributed by atoms with van der Waals surface area (Å²) in [5.41, 5.74) is 2.30. The highest BCUT2D eigenvalue weighted by atomic mass is 32.2. The molecule has 1 amide bonds. The number of nitriles is 1. The lowest BCUT2D eigenvalue weighted by Gasteiger charge is -2.14. The zero-order chi connectivity index (χ0) is 21.8. The summed E-state index contributed by atoms with van der Waals surface area (Å²) in [6.45, 7) is 1.78. The molecule has 152 valence electrons. The molecule has 0 saturated heterocycles. The minimum atomic E-state index is -0.471. The van der Waals surface area contributed by atoms with Crippen molar-refractivity contribution < 1.29 is 9.18 Å². The Morgan fingerprint density at radius 2 is 1.68 bits per heavy atom. The molecule has 31 heavy (non-hydrogen) atoms. The first-order valence-corrected chi connectivity index (χ1v) is 10.4. The molecule has 0 fully saturated rings. The average Bonchev–Trinajstić information content (AvgIpc) is 2.80. The van der Waals surface area contributed by atoms with E-state index in [0.29, 0.717) is 22.0 Å². The van der Waals surface area contributed by atoms with Gasteiger partial charge in [-0.1, -0.05) is 48.2 Å². The molecule has 4 rings (SSSR count). The molecule has 7 heteroatoms. The van der Waals surface area contributed by atoms with E-state index in [0.717, 1.165) is 16.3 Å². The van der Waals surface area contributed by atoms with E-state index in [1.807, 2.05) is 24.3 Å². The zero-order valence-corrected chi connectivity index (χ0v) is 17.4. The number of anilines is 1. The molecule has 0 radical (unpaired) electrons. The topological polar surface area (TPSA) is 78.7 Å². The van der Waals surface area contributed by atoms with Crippen molar-refractivity contribution in [3.05, 3.63) is 84.2 Å². The Hall–Kier alpha value is -3.76. The van der Waals surface area contributed by atoms with E-state index in [2.05, 4.69) is 21.6 Å². The molecule has 5 nitrogen and oxygen atoms in total. The number of rotatable bonds is 5. The maximum absolute atomic E-state index is 13.3. The van der Waals surface area contributed by atoms with Crippen molar-refractivity contribution in [1.29, 1.82) is 5.26 Å². The first-order valence-electron chi connectivity index (χ1n) is 9.55. The summed E-state index contributed by atoms with van der Waals surface area (Å²) in [5.74, 6) is -0.549. The van der Waals surface area contributed by atoms with Crippen LogP contribution in [0, 0.1) is 17.1 Å². The van der Waals surface area contributed by atoms with Gasteiger partial charge in [-0.05, 0) is 43.3 Å². The fraction of sp³-hybridized carbons (Fsp3) is 0.0833. The van der Waals surface area contributed by atoms with Crippen LogP contribution in [0.5, 0.6) is 0 Å². The fourth-order valence-corrected chi connectivity index (χ4v) is 4.03. The van der Waals surface area contributed by atoms with E-state index in [4.69, 9.17) is 0 Å². The third-order valence-corrected chi connectivity index (χ3v) is 5.83. The number of hydrogen-bond donors (Lipinski definition) is 1. The van der Waals surface area contributed by atoms with E-state index < -0.39 is 5.25 Å². The first-order chi connectivity index (χ1) is 15.1. The van der Waals surface area contributed by atoms with Gasteiger partial charge < -0.3 is 5.32 Å². The van der Waals surface area contributed by atoms with Crippen LogP contribution in [0.3, 0.4) is 0 Å². The number of amides is 1. The Labute approximate surface area is 182 Å². The van der Waals surface area contributed by atoms with Gasteiger partial charge in [-0.15, -0.1) is 10.2 Å². The number of nitrogens with one attached hydrogen (secondary N) is 1. The second kappa shape index (κ2) is 8.94. The van der Waals surface area contributed by atoms with E-state index in [-0.39, 0.29) is 11.7 Å². The highest BCUT2D eigenvalue weighted by Gasteiger charge is 2.19. The highest BCUT2D eigenvalue weighted by molar-refractivity contribution is 8.00. The van der Waals surface area contributed by atoms with E-state index in [1.165, 1.54) is 23.9 Å². The Morgan fingerprint density at radius 3 is 2.42 bits per heavy atom. The van der Waals surface area contributed by atoms with Crippen molar-refractivity contribution in [2.75, 3.05) is 5.32 Å². The fourth-order valence-electron chi connectivity index (χ4n) is 3.13. The lowest BCUT2D eigenvalue weighted by atomic mass is 10.1. The summed E-state index contributed by atoms with van der Waals surface area (Å²) in [5, 5.41) is 22.6. The van der Waals surface area contributed by atoms with Crippen molar-refractivity contribution in [3.63, 3.8) is 0 Å². The van der Waals surface area contributed by atoms with Crippen LogP contribution in [-0.4, -0.2) is 21.4 Å². The van der Waals surface area contributed by atoms with Crippen LogP contribution in [0.25, 0.3) is 22.0 Å². The standard InChI is InChI=1S/C24H17FN4OS/c1-15(23(30)27-21-9-5-2-6-17(21)14-26)31-24-20-8-4-3-7-19(20)22(28-29-24)16-10-12-18(25)13-11-16/h2-13,15H,1H3,(H,27,30). The highest BCUT2D eigenvalue weighted by Crippen LogP contribution is 2.33. The van der Waals surface area contributed by atoms with Gasteiger partial charge in [-0.3, -0.25) is 4.79 Å². The van der Waals surface area contributed by atoms with Crippen LogP contribution in [0.4, 0.5) is 10.1 Å². The normalized spacial score (nSPS) is 11.6. The Bertz CT molecular complexity index is 1300. The van der Waals surface area contributed by atoms with Gasteiger partial charge in [0.05, 0.1) is 16.5 Å². The third kappa shape index (κ3) is 4.39. The van der Waals surface area contributed by atoms with E-state index in [9.17, 15) is 14.4 Å². The molecule has 0 aliphatic carbocycles. The summed E-state index contributed by atoms with van der Waals surface area (Å²) in [6, 6.07) is 22.7. The minimum absolute atomic E-state index is 0.235. The number of benzene rings is 3. The molecule has 1 unspecified atom stereocenters. The van der Waals surface area contributed by atoms with Crippen LogP contribution in [0.2, 0.25) is 0 Å². The molecule has 0 aliphatic rings. The lowest BCUT2D eigenvalue weighted by molar-refractivity contribution is -0.115. The number of nitrogens with zero attached hydrogens (tertiary/aromatic N) is 3. The van der Waals surface area contributed by atoms with Gasteiger partial charge in [0.25, 0.3) is 0 Å². The number of carbonyl (C=O) groups excluding carboxylic acids is 1. The van der Waals surface area contributed by atoms with Crippen LogP contribution in [0.15, 0.2) is 77.8 Å². The molecular formula is C24H17FN4OS. The molecule has 4 aromatic rings. The van der Waals surface area contributed by atoms with Crippen LogP contribution >= 0.6 is 11.8 Å². The zero-order valence-electron chi connectivity index (χ0n) is 16.5. The quantitative estimate of drug-likeness (QED) is 0.429. The van der Waals surface area contributed by atoms with Crippen molar-refractivity contribution >= 4 is 34.1 Å². The summed E-state index contributed by atoms with van der Waals surface area (Å²) in [4.78, 5) is 12.7. The molecule has 0 bridgehead atoms. The van der Waals surface area contributed by atoms with Gasteiger partial charge in [0.15, 0.2) is 0 Å². The number of aromatic nitrogens is 2. The molecule has 1 heterocycles. The predicted octanol–water partition coefficient (Wildman–Crippen LogP) is 5.43. The summed E-state index contributed by atoms with van der Waals surface area (Å²) < 4.78 is 13.3. The van der Waals surface area contributed by atoms with Crippen molar-refractivity contribution in [2.45, 2.75) is 17.2 Å². The van der Waals surface area contributed by atoms with Gasteiger partial charge in [0, 0.05) is 16.3 Å². The summed E-state index contributed by atoms with van der Waals surface area (Å²) in [6.07, 6.45) is 0. The van der Waals surface area contributed by atoms with Crippen molar-refractivity contribution in [1.82, 2.24) is 10.2 Å². The van der Waals surface area contributed by atoms with Crippen molar-refractivity contribution in [3.8, 4) is 17.3 Å². The number of hydrogen-bond acceptors (Lipinski definition) is 5. The lowest BCUT2D eigenvalue weighted by Crippen LogP contribution is -2.23. The van der Waals surface area contributed by atoms with Gasteiger partial charge in [-0.2, -0.15) is 5.26 Å². The van der Waals surface area contributed by atoms with E-state index in [1.54, 1.807) is 43.3 Å². The number of carbonyl (C=O) groups is 1. The number of thioether (sulfide) groups is 1. The SMILES string of the molecule is CC(Sc1nnc(-c2ccc(F)cc2)c2ccccc12)C(=O)Nc1ccccc1C#N. The van der Waals surface area contributed by atoms with Gasteiger partial charge >= 0.3 is 0 Å². The van der Waals surface area contributed by atoms with Crippen LogP contribution in [-0.2, 0) is 4.79 Å². The molecular weight excluding hydrogens is 411 g/mol. The van der Waals surface area contributed by atoms with Crippen LogP contribution in [0.1, 0.15) is 12.5 Å². The third-order valence-electron chi connectivity index (χ3n) is 4.73. The number of fused-ring (bicyclic) bond motifs is 1. The van der Waals surface area contributed by atoms with Gasteiger partial charge in [-0.25, -0.2) is 4.39 Å². The predicted molar refractivity (Wildman–Crippen MR) is 120 cm³/mol. The Morgan fingerprint density at radius 1 is 1.00 bits per heavy atom. The molecule has 0 aliphatic heterocycles. The van der Waals surface area contributed by atoms with Crippen LogP contribution < -0.4 is 5.32 Å². The molecule has 1 aromatic heterocycles. The first kappa shape index (κ1) is 20.5. The van der Waals surface area contributed by atoms with Crippen molar-refractivity contribution in [2.24, 2.45) is 0 Å². The summed E-state index contributed by atoms with van der Waals surface area (Å²) >= 11 is 1.29. The molecule has 0 saturated carbocycles. The monoisotopic (exact) mass is 428 g/mol. The Kier molecular flexibility index (Phi) is 5.92. The average molecular weight is 428 g/mol. The molecule has 3 aromatic carbocycles. The Balaban J connectivity index is 1.61. The van der Waals surface area contributed by atoms with Gasteiger partial charge in [0.2, 0.25) is 5.91 Å². The minimum Gasteiger partial charge on any atom is -0.324 e. The molecule has 0 spiro atoms. The number of para-hydroxylation sites is 1. The second-order valence-corrected chi connectivity index (χ2v) is 8.14. The maximum Gasteiger partial charge on any atom is 0.237 e. The molecule has 1 atom stereocenters. The largest absolute Gasteiger partial charge is 0.324 e. The second-order valence-electron chi connectivity index (χ2n) is 6.81. The molecule has 1 N–H and O–H groups in total. The van der Waals surface area contributed by atoms with E-state index >= 15 is 0 Å². The summed E-state index contributed by atoms with van der Waals surface area (Å²) in [7, 11) is 0. The maximum atomic E-state index is 13.3. The number of halogens is 1. The smallest absolute Gasteiger partial charge is 0.237 e. The van der Waals surface area contributed by atoms with Gasteiger partial charge in [0.1, 0.15) is 22.6 Å².